The maximum Gasteiger partial charge on any atom is 0.421 e. The Kier molecular flexibility index (Phi) is 6.92. The molecule has 4 fully saturated rings. The lowest BCUT2D eigenvalue weighted by molar-refractivity contribution is -0.236. The summed E-state index contributed by atoms with van der Waals surface area (Å²) in [5.41, 5.74) is 4.57. The van der Waals surface area contributed by atoms with Crippen molar-refractivity contribution in [2.45, 2.75) is 75.5 Å². The Morgan fingerprint density at radius 1 is 1.05 bits per heavy atom. The van der Waals surface area contributed by atoms with E-state index in [4.69, 9.17) is 10.5 Å². The first-order chi connectivity index (χ1) is 17.8. The zero-order valence-electron chi connectivity index (χ0n) is 20.8. The topological polar surface area (TPSA) is 89.4 Å². The van der Waals surface area contributed by atoms with E-state index in [1.54, 1.807) is 0 Å². The highest BCUT2D eigenvalue weighted by molar-refractivity contribution is 5.62. The van der Waals surface area contributed by atoms with Gasteiger partial charge in [-0.3, -0.25) is 4.90 Å². The zero-order valence-corrected chi connectivity index (χ0v) is 20.8. The van der Waals surface area contributed by atoms with Gasteiger partial charge in [-0.25, -0.2) is 9.97 Å². The van der Waals surface area contributed by atoms with Crippen LogP contribution >= 0.6 is 0 Å². The smallest absolute Gasteiger partial charge is 0.383 e. The van der Waals surface area contributed by atoms with Crippen LogP contribution in [0.15, 0.2) is 18.5 Å². The van der Waals surface area contributed by atoms with Crippen molar-refractivity contribution in [1.29, 1.82) is 0 Å². The molecule has 1 aliphatic heterocycles. The first-order valence-electron chi connectivity index (χ1n) is 12.8. The number of nitrogens with two attached hydrogens (primary N) is 1. The molecule has 3 saturated carbocycles. The standard InChI is InChI=1S/C25H31F6N5O2/c26-24(27,28)17-10-16(11-33-20(17)32)18-12-35(21(34-18)19(37)25(29,30)31)5-3-1-2-4-22-13-23(14-22,15-22)36-6-8-38-9-7-36/h10-12,19,37H,1-9,13-15H2,(H2,32,33). The van der Waals surface area contributed by atoms with Crippen LogP contribution in [-0.4, -0.2) is 62.6 Å². The molecule has 0 amide bonds. The van der Waals surface area contributed by atoms with Gasteiger partial charge in [0.2, 0.25) is 6.10 Å². The Morgan fingerprint density at radius 2 is 1.74 bits per heavy atom. The van der Waals surface area contributed by atoms with Crippen molar-refractivity contribution in [3.05, 3.63) is 29.8 Å². The predicted molar refractivity (Wildman–Crippen MR) is 126 cm³/mol. The minimum absolute atomic E-state index is 0.140. The Labute approximate surface area is 216 Å². The number of anilines is 1. The van der Waals surface area contributed by atoms with E-state index >= 15 is 0 Å². The number of morpholine rings is 1. The number of rotatable bonds is 9. The van der Waals surface area contributed by atoms with Crippen LogP contribution in [0.5, 0.6) is 0 Å². The Hall–Kier alpha value is -2.38. The van der Waals surface area contributed by atoms with Crippen molar-refractivity contribution in [2.75, 3.05) is 32.0 Å². The maximum atomic E-state index is 13.3. The summed E-state index contributed by atoms with van der Waals surface area (Å²) in [6, 6.07) is 0.701. The molecule has 4 aliphatic rings. The Balaban J connectivity index is 1.20. The van der Waals surface area contributed by atoms with Crippen LogP contribution in [0.1, 0.15) is 62.4 Å². The molecule has 7 nitrogen and oxygen atoms in total. The molecule has 3 N–H and O–H groups in total. The minimum Gasteiger partial charge on any atom is -0.383 e. The first kappa shape index (κ1) is 27.2. The maximum absolute atomic E-state index is 13.3. The van der Waals surface area contributed by atoms with Crippen molar-refractivity contribution in [2.24, 2.45) is 5.41 Å². The number of aliphatic hydroxyl groups is 1. The Bertz CT molecular complexity index is 1140. The van der Waals surface area contributed by atoms with Crippen LogP contribution in [0.2, 0.25) is 0 Å². The van der Waals surface area contributed by atoms with E-state index in [2.05, 4.69) is 14.9 Å². The lowest BCUT2D eigenvalue weighted by atomic mass is 9.37. The molecule has 2 aromatic heterocycles. The summed E-state index contributed by atoms with van der Waals surface area (Å²) in [5.74, 6) is -1.40. The van der Waals surface area contributed by atoms with Crippen LogP contribution in [-0.2, 0) is 17.5 Å². The first-order valence-corrected chi connectivity index (χ1v) is 12.8. The van der Waals surface area contributed by atoms with Crippen LogP contribution in [0, 0.1) is 5.41 Å². The van der Waals surface area contributed by atoms with Gasteiger partial charge in [-0.2, -0.15) is 26.3 Å². The molecule has 13 heteroatoms. The number of imidazole rings is 1. The van der Waals surface area contributed by atoms with E-state index in [1.807, 2.05) is 0 Å². The van der Waals surface area contributed by atoms with Gasteiger partial charge in [0.25, 0.3) is 0 Å². The number of alkyl halides is 6. The average Bonchev–Trinajstić information content (AvgIpc) is 3.22. The third kappa shape index (κ3) is 5.12. The van der Waals surface area contributed by atoms with Gasteiger partial charge in [0.05, 0.1) is 24.5 Å². The van der Waals surface area contributed by atoms with E-state index in [0.29, 0.717) is 23.4 Å². The van der Waals surface area contributed by atoms with E-state index in [1.165, 1.54) is 30.0 Å². The van der Waals surface area contributed by atoms with E-state index < -0.39 is 35.7 Å². The van der Waals surface area contributed by atoms with Gasteiger partial charge in [-0.1, -0.05) is 12.8 Å². The number of halogens is 6. The van der Waals surface area contributed by atoms with Gasteiger partial charge in [0.15, 0.2) is 0 Å². The molecule has 6 rings (SSSR count). The summed E-state index contributed by atoms with van der Waals surface area (Å²) >= 11 is 0. The number of ether oxygens (including phenoxy) is 1. The van der Waals surface area contributed by atoms with Crippen molar-refractivity contribution in [3.63, 3.8) is 0 Å². The molecule has 0 radical (unpaired) electrons. The van der Waals surface area contributed by atoms with Gasteiger partial charge in [-0.15, -0.1) is 0 Å². The molecule has 2 aromatic rings. The summed E-state index contributed by atoms with van der Waals surface area (Å²) in [7, 11) is 0. The van der Waals surface area contributed by atoms with Crippen molar-refractivity contribution in [1.82, 2.24) is 19.4 Å². The summed E-state index contributed by atoms with van der Waals surface area (Å²) in [6.07, 6.45) is -3.44. The molecule has 3 aliphatic carbocycles. The Morgan fingerprint density at radius 3 is 2.37 bits per heavy atom. The van der Waals surface area contributed by atoms with Crippen LogP contribution in [0.4, 0.5) is 32.2 Å². The van der Waals surface area contributed by atoms with E-state index in [0.717, 1.165) is 51.8 Å². The largest absolute Gasteiger partial charge is 0.421 e. The summed E-state index contributed by atoms with van der Waals surface area (Å²) in [6.45, 7) is 3.69. The molecule has 2 bridgehead atoms. The molecule has 3 heterocycles. The van der Waals surface area contributed by atoms with Gasteiger partial charge in [-0.05, 0) is 43.6 Å². The monoisotopic (exact) mass is 547 g/mol. The highest BCUT2D eigenvalue weighted by Crippen LogP contribution is 2.71. The van der Waals surface area contributed by atoms with Gasteiger partial charge < -0.3 is 20.1 Å². The number of aryl methyl sites for hydroxylation is 1. The average molecular weight is 548 g/mol. The second-order valence-electron chi connectivity index (χ2n) is 10.9. The second kappa shape index (κ2) is 9.67. The number of pyridine rings is 1. The third-order valence-corrected chi connectivity index (χ3v) is 8.28. The van der Waals surface area contributed by atoms with E-state index in [9.17, 15) is 31.4 Å². The number of aromatic nitrogens is 3. The van der Waals surface area contributed by atoms with E-state index in [-0.39, 0.29) is 17.8 Å². The van der Waals surface area contributed by atoms with Crippen molar-refractivity contribution < 1.29 is 36.2 Å². The third-order valence-electron chi connectivity index (χ3n) is 8.28. The summed E-state index contributed by atoms with van der Waals surface area (Å²) in [4.78, 5) is 9.93. The summed E-state index contributed by atoms with van der Waals surface area (Å²) in [5, 5.41) is 9.88. The number of aliphatic hydroxyl groups excluding tert-OH is 1. The lowest BCUT2D eigenvalue weighted by Gasteiger charge is -2.75. The molecule has 0 aromatic carbocycles. The normalized spacial score (nSPS) is 26.6. The highest BCUT2D eigenvalue weighted by Gasteiger charge is 2.69. The zero-order chi connectivity index (χ0) is 27.3. The SMILES string of the molecule is Nc1ncc(-c2cn(CCCCCC34CC(N5CCOCC5)(C3)C4)c(C(O)C(F)(F)F)n2)cc1C(F)(F)F. The molecule has 1 saturated heterocycles. The fourth-order valence-corrected chi connectivity index (χ4v) is 6.49. The highest BCUT2D eigenvalue weighted by atomic mass is 19.4. The fraction of sp³-hybridized carbons (Fsp3) is 0.680. The molecule has 1 atom stereocenters. The summed E-state index contributed by atoms with van der Waals surface area (Å²) < 4.78 is 86.2. The van der Waals surface area contributed by atoms with Gasteiger partial charge in [0.1, 0.15) is 11.6 Å². The van der Waals surface area contributed by atoms with Crippen LogP contribution < -0.4 is 5.73 Å². The van der Waals surface area contributed by atoms with Crippen LogP contribution in [0.3, 0.4) is 0 Å². The van der Waals surface area contributed by atoms with Gasteiger partial charge >= 0.3 is 12.4 Å². The molecule has 0 spiro atoms. The number of hydrogen-bond donors (Lipinski definition) is 2. The quantitative estimate of drug-likeness (QED) is 0.341. The predicted octanol–water partition coefficient (Wildman–Crippen LogP) is 4.96. The molecular weight excluding hydrogens is 516 g/mol. The number of nitrogens with zero attached hydrogens (tertiary/aromatic N) is 4. The van der Waals surface area contributed by atoms with Gasteiger partial charge in [0, 0.05) is 43.1 Å². The molecule has 210 valence electrons. The fourth-order valence-electron chi connectivity index (χ4n) is 6.49. The number of nitrogen functional groups attached to an aromatic ring is 1. The van der Waals surface area contributed by atoms with Crippen molar-refractivity contribution in [3.8, 4) is 11.3 Å². The second-order valence-corrected chi connectivity index (χ2v) is 10.9. The number of hydrogen-bond acceptors (Lipinski definition) is 6. The molecular formula is C25H31F6N5O2. The molecule has 1 unspecified atom stereocenters. The van der Waals surface area contributed by atoms with Crippen molar-refractivity contribution >= 4 is 5.82 Å². The van der Waals surface area contributed by atoms with Crippen LogP contribution in [0.25, 0.3) is 11.3 Å². The number of unbranched alkanes of at least 4 members (excludes halogenated alkanes) is 2. The minimum atomic E-state index is -4.97. The molecule has 38 heavy (non-hydrogen) atoms. The lowest BCUT2D eigenvalue weighted by Crippen LogP contribution is -2.75.